The summed E-state index contributed by atoms with van der Waals surface area (Å²) in [5.41, 5.74) is 0.553. The molecule has 0 atom stereocenters. The van der Waals surface area contributed by atoms with Crippen molar-refractivity contribution in [3.05, 3.63) is 27.9 Å². The van der Waals surface area contributed by atoms with Crippen LogP contribution in [0.25, 0.3) is 0 Å². The predicted molar refractivity (Wildman–Crippen MR) is 75.3 cm³/mol. The van der Waals surface area contributed by atoms with Gasteiger partial charge in [0.1, 0.15) is 11.5 Å². The number of anilines is 1. The zero-order chi connectivity index (χ0) is 13.8. The molecule has 1 saturated carbocycles. The van der Waals surface area contributed by atoms with E-state index < -0.39 is 4.92 Å². The average molecular weight is 263 g/mol. The van der Waals surface area contributed by atoms with Gasteiger partial charge in [0.2, 0.25) is 0 Å². The number of nitro groups is 1. The number of hydrogen-bond acceptors (Lipinski definition) is 4. The average Bonchev–Trinajstić information content (AvgIpc) is 2.39. The molecule has 0 bridgehead atoms. The van der Waals surface area contributed by atoms with Crippen LogP contribution in [-0.2, 0) is 0 Å². The van der Waals surface area contributed by atoms with Gasteiger partial charge in [-0.15, -0.1) is 0 Å². The number of pyridine rings is 1. The minimum Gasteiger partial charge on any atom is -0.367 e. The Morgan fingerprint density at radius 1 is 1.37 bits per heavy atom. The molecule has 104 valence electrons. The Balaban J connectivity index is 1.97. The summed E-state index contributed by atoms with van der Waals surface area (Å²) in [6.45, 7) is 3.93. The van der Waals surface area contributed by atoms with Gasteiger partial charge in [0.25, 0.3) is 5.69 Å². The molecule has 0 aliphatic heterocycles. The quantitative estimate of drug-likeness (QED) is 0.664. The van der Waals surface area contributed by atoms with E-state index in [4.69, 9.17) is 0 Å². The summed E-state index contributed by atoms with van der Waals surface area (Å²) in [6.07, 6.45) is 6.12. The fraction of sp³-hybridized carbons (Fsp3) is 0.643. The van der Waals surface area contributed by atoms with Crippen molar-refractivity contribution in [3.63, 3.8) is 0 Å². The molecule has 5 nitrogen and oxygen atoms in total. The molecule has 0 unspecified atom stereocenters. The Bertz CT molecular complexity index is 454. The molecule has 5 heteroatoms. The number of rotatable bonds is 4. The lowest BCUT2D eigenvalue weighted by molar-refractivity contribution is -0.385. The minimum atomic E-state index is -0.390. The van der Waals surface area contributed by atoms with E-state index in [0.717, 1.165) is 24.6 Å². The van der Waals surface area contributed by atoms with E-state index in [1.165, 1.54) is 25.3 Å². The lowest BCUT2D eigenvalue weighted by Gasteiger charge is -2.28. The second-order valence-corrected chi connectivity index (χ2v) is 5.33. The molecule has 1 aliphatic rings. The van der Waals surface area contributed by atoms with E-state index >= 15 is 0 Å². The fourth-order valence-corrected chi connectivity index (χ4v) is 2.75. The molecule has 1 heterocycles. The first-order chi connectivity index (χ1) is 9.10. The summed E-state index contributed by atoms with van der Waals surface area (Å²) in [5.74, 6) is 1.62. The SMILES string of the molecule is CCC1CCC(Nc2ccc([N+](=O)[O-])c(C)n2)CC1. The molecule has 0 amide bonds. The van der Waals surface area contributed by atoms with E-state index in [0.29, 0.717) is 11.7 Å². The van der Waals surface area contributed by atoms with Gasteiger partial charge in [-0.05, 0) is 44.6 Å². The van der Waals surface area contributed by atoms with Crippen LogP contribution in [0.4, 0.5) is 11.5 Å². The molecule has 2 rings (SSSR count). The van der Waals surface area contributed by atoms with Crippen molar-refractivity contribution in [3.8, 4) is 0 Å². The van der Waals surface area contributed by atoms with Gasteiger partial charge in [-0.25, -0.2) is 4.98 Å². The fourth-order valence-electron chi connectivity index (χ4n) is 2.75. The molecular weight excluding hydrogens is 242 g/mol. The maximum absolute atomic E-state index is 10.7. The van der Waals surface area contributed by atoms with E-state index in [2.05, 4.69) is 17.2 Å². The second kappa shape index (κ2) is 5.99. The van der Waals surface area contributed by atoms with Gasteiger partial charge in [-0.1, -0.05) is 13.3 Å². The summed E-state index contributed by atoms with van der Waals surface area (Å²) in [7, 11) is 0. The molecule has 1 fully saturated rings. The molecule has 0 saturated heterocycles. The van der Waals surface area contributed by atoms with E-state index in [1.807, 2.05) is 0 Å². The number of aromatic nitrogens is 1. The zero-order valence-electron chi connectivity index (χ0n) is 11.6. The van der Waals surface area contributed by atoms with Crippen molar-refractivity contribution >= 4 is 11.5 Å². The van der Waals surface area contributed by atoms with Gasteiger partial charge in [-0.3, -0.25) is 10.1 Å². The number of nitrogens with zero attached hydrogens (tertiary/aromatic N) is 2. The molecule has 1 aliphatic carbocycles. The highest BCUT2D eigenvalue weighted by Gasteiger charge is 2.20. The molecule has 1 aromatic rings. The van der Waals surface area contributed by atoms with Crippen LogP contribution in [0.5, 0.6) is 0 Å². The first-order valence-electron chi connectivity index (χ1n) is 6.98. The Kier molecular flexibility index (Phi) is 4.35. The first-order valence-corrected chi connectivity index (χ1v) is 6.98. The summed E-state index contributed by atoms with van der Waals surface area (Å²) in [4.78, 5) is 14.6. The van der Waals surface area contributed by atoms with Gasteiger partial charge < -0.3 is 5.32 Å². The minimum absolute atomic E-state index is 0.0836. The molecular formula is C14H21N3O2. The molecule has 19 heavy (non-hydrogen) atoms. The van der Waals surface area contributed by atoms with Crippen LogP contribution in [0, 0.1) is 23.0 Å². The van der Waals surface area contributed by atoms with Gasteiger partial charge >= 0.3 is 0 Å². The van der Waals surface area contributed by atoms with Gasteiger partial charge in [-0.2, -0.15) is 0 Å². The third-order valence-electron chi connectivity index (χ3n) is 4.03. The van der Waals surface area contributed by atoms with E-state index in [1.54, 1.807) is 13.0 Å². The van der Waals surface area contributed by atoms with Crippen LogP contribution in [0.3, 0.4) is 0 Å². The highest BCUT2D eigenvalue weighted by molar-refractivity contribution is 5.45. The van der Waals surface area contributed by atoms with Gasteiger partial charge in [0.05, 0.1) is 4.92 Å². The molecule has 1 aromatic heterocycles. The maximum atomic E-state index is 10.7. The highest BCUT2D eigenvalue weighted by atomic mass is 16.6. The summed E-state index contributed by atoms with van der Waals surface area (Å²) >= 11 is 0. The van der Waals surface area contributed by atoms with Crippen LogP contribution in [0.1, 0.15) is 44.7 Å². The summed E-state index contributed by atoms with van der Waals surface area (Å²) in [5, 5.41) is 14.1. The van der Waals surface area contributed by atoms with Crippen molar-refractivity contribution in [1.82, 2.24) is 4.98 Å². The van der Waals surface area contributed by atoms with Crippen molar-refractivity contribution in [1.29, 1.82) is 0 Å². The maximum Gasteiger partial charge on any atom is 0.290 e. The van der Waals surface area contributed by atoms with Crippen molar-refractivity contribution in [2.75, 3.05) is 5.32 Å². The van der Waals surface area contributed by atoms with Crippen LogP contribution in [-0.4, -0.2) is 15.9 Å². The molecule has 1 N–H and O–H groups in total. The third-order valence-corrected chi connectivity index (χ3v) is 4.03. The van der Waals surface area contributed by atoms with Gasteiger partial charge in [0.15, 0.2) is 0 Å². The van der Waals surface area contributed by atoms with E-state index in [9.17, 15) is 10.1 Å². The highest BCUT2D eigenvalue weighted by Crippen LogP contribution is 2.28. The smallest absolute Gasteiger partial charge is 0.290 e. The Labute approximate surface area is 113 Å². The van der Waals surface area contributed by atoms with E-state index in [-0.39, 0.29) is 5.69 Å². The van der Waals surface area contributed by atoms with Crippen molar-refractivity contribution in [2.45, 2.75) is 52.0 Å². The lowest BCUT2D eigenvalue weighted by Crippen LogP contribution is -2.26. The number of nitrogens with one attached hydrogen (secondary N) is 1. The van der Waals surface area contributed by atoms with Crippen LogP contribution in [0.15, 0.2) is 12.1 Å². The monoisotopic (exact) mass is 263 g/mol. The Morgan fingerprint density at radius 3 is 2.58 bits per heavy atom. The molecule has 0 spiro atoms. The van der Waals surface area contributed by atoms with Gasteiger partial charge in [0, 0.05) is 12.1 Å². The lowest BCUT2D eigenvalue weighted by atomic mass is 9.84. The first kappa shape index (κ1) is 13.8. The normalized spacial score (nSPS) is 23.1. The van der Waals surface area contributed by atoms with Crippen LogP contribution < -0.4 is 5.32 Å². The largest absolute Gasteiger partial charge is 0.367 e. The Morgan fingerprint density at radius 2 is 2.05 bits per heavy atom. The summed E-state index contributed by atoms with van der Waals surface area (Å²) in [6, 6.07) is 3.69. The number of aryl methyl sites for hydroxylation is 1. The van der Waals surface area contributed by atoms with Crippen molar-refractivity contribution in [2.24, 2.45) is 5.92 Å². The molecule has 0 aromatic carbocycles. The van der Waals surface area contributed by atoms with Crippen LogP contribution >= 0.6 is 0 Å². The zero-order valence-corrected chi connectivity index (χ0v) is 11.6. The standard InChI is InChI=1S/C14H21N3O2/c1-3-11-4-6-12(7-5-11)16-14-9-8-13(17(18)19)10(2)15-14/h8-9,11-12H,3-7H2,1-2H3,(H,15,16). The van der Waals surface area contributed by atoms with Crippen LogP contribution in [0.2, 0.25) is 0 Å². The topological polar surface area (TPSA) is 68.1 Å². The molecule has 0 radical (unpaired) electrons. The van der Waals surface area contributed by atoms with Crippen molar-refractivity contribution < 1.29 is 4.92 Å². The second-order valence-electron chi connectivity index (χ2n) is 5.33. The predicted octanol–water partition coefficient (Wildman–Crippen LogP) is 3.68. The summed E-state index contributed by atoms with van der Waals surface area (Å²) < 4.78 is 0. The number of hydrogen-bond donors (Lipinski definition) is 1. The Hall–Kier alpha value is -1.65. The third kappa shape index (κ3) is 3.43.